The van der Waals surface area contributed by atoms with Crippen LogP contribution in [0.3, 0.4) is 0 Å². The zero-order chi connectivity index (χ0) is 22.2. The highest BCUT2D eigenvalue weighted by Gasteiger charge is 2.14. The molecule has 0 saturated carbocycles. The van der Waals surface area contributed by atoms with E-state index >= 15 is 0 Å². The Hall–Kier alpha value is -3.94. The molecule has 0 radical (unpaired) electrons. The molecule has 0 saturated heterocycles. The van der Waals surface area contributed by atoms with E-state index in [0.29, 0.717) is 12.1 Å². The van der Waals surface area contributed by atoms with Crippen LogP contribution in [0.4, 0.5) is 15.9 Å². The number of amides is 2. The van der Waals surface area contributed by atoms with Crippen LogP contribution in [0.5, 0.6) is 5.75 Å². The number of aromatic nitrogens is 1. The van der Waals surface area contributed by atoms with Crippen molar-refractivity contribution in [3.63, 3.8) is 0 Å². The molecule has 2 amide bonds. The van der Waals surface area contributed by atoms with Crippen molar-refractivity contribution in [1.29, 1.82) is 0 Å². The summed E-state index contributed by atoms with van der Waals surface area (Å²) in [5.41, 5.74) is 1.21. The molecule has 160 valence electrons. The van der Waals surface area contributed by atoms with E-state index in [9.17, 15) is 14.0 Å². The van der Waals surface area contributed by atoms with E-state index in [4.69, 9.17) is 4.74 Å². The van der Waals surface area contributed by atoms with E-state index in [1.807, 2.05) is 31.1 Å². The molecule has 2 N–H and O–H groups in total. The third-order valence-corrected chi connectivity index (χ3v) is 4.36. The number of rotatable bonds is 8. The number of ether oxygens (including phenoxy) is 1. The van der Waals surface area contributed by atoms with Crippen LogP contribution in [0.1, 0.15) is 15.9 Å². The molecule has 0 spiro atoms. The SMILES string of the molecule is CN(C)c1ccc(CNC(=O)c2ccccc2OCC(=O)Nc2ccccc2F)cn1. The number of hydrogen-bond donors (Lipinski definition) is 2. The lowest BCUT2D eigenvalue weighted by molar-refractivity contribution is -0.118. The summed E-state index contributed by atoms with van der Waals surface area (Å²) in [5.74, 6) is -0.342. The summed E-state index contributed by atoms with van der Waals surface area (Å²) in [6, 6.07) is 16.2. The zero-order valence-corrected chi connectivity index (χ0v) is 17.3. The van der Waals surface area contributed by atoms with E-state index in [1.165, 1.54) is 18.2 Å². The maximum Gasteiger partial charge on any atom is 0.262 e. The van der Waals surface area contributed by atoms with Crippen molar-refractivity contribution in [3.8, 4) is 5.75 Å². The van der Waals surface area contributed by atoms with E-state index in [2.05, 4.69) is 15.6 Å². The van der Waals surface area contributed by atoms with E-state index < -0.39 is 11.7 Å². The first kappa shape index (κ1) is 21.8. The molecule has 31 heavy (non-hydrogen) atoms. The van der Waals surface area contributed by atoms with E-state index in [0.717, 1.165) is 11.4 Å². The molecule has 0 aliphatic heterocycles. The minimum atomic E-state index is -0.538. The number of carbonyl (C=O) groups excluding carboxylic acids is 2. The fraction of sp³-hybridized carbons (Fsp3) is 0.174. The predicted molar refractivity (Wildman–Crippen MR) is 117 cm³/mol. The Morgan fingerprint density at radius 2 is 1.77 bits per heavy atom. The van der Waals surface area contributed by atoms with Crippen molar-refractivity contribution in [2.75, 3.05) is 30.9 Å². The molecule has 0 bridgehead atoms. The summed E-state index contributed by atoms with van der Waals surface area (Å²) < 4.78 is 19.2. The molecular formula is C23H23FN4O3. The lowest BCUT2D eigenvalue weighted by Crippen LogP contribution is -2.25. The van der Waals surface area contributed by atoms with Gasteiger partial charge in [-0.05, 0) is 35.9 Å². The normalized spacial score (nSPS) is 10.3. The molecule has 0 unspecified atom stereocenters. The van der Waals surface area contributed by atoms with Crippen molar-refractivity contribution in [2.45, 2.75) is 6.54 Å². The molecule has 7 nitrogen and oxygen atoms in total. The van der Waals surface area contributed by atoms with Gasteiger partial charge in [-0.25, -0.2) is 9.37 Å². The number of halogens is 1. The number of hydrogen-bond acceptors (Lipinski definition) is 5. The molecule has 1 aromatic heterocycles. The lowest BCUT2D eigenvalue weighted by Gasteiger charge is -2.13. The van der Waals surface area contributed by atoms with Crippen molar-refractivity contribution in [3.05, 3.63) is 83.8 Å². The first-order valence-corrected chi connectivity index (χ1v) is 9.60. The summed E-state index contributed by atoms with van der Waals surface area (Å²) in [4.78, 5) is 30.9. The highest BCUT2D eigenvalue weighted by atomic mass is 19.1. The minimum absolute atomic E-state index is 0.0658. The van der Waals surface area contributed by atoms with Crippen LogP contribution in [-0.2, 0) is 11.3 Å². The van der Waals surface area contributed by atoms with Crippen LogP contribution in [0.15, 0.2) is 66.9 Å². The van der Waals surface area contributed by atoms with Gasteiger partial charge in [0.2, 0.25) is 0 Å². The Morgan fingerprint density at radius 3 is 2.48 bits per heavy atom. The Balaban J connectivity index is 1.58. The third-order valence-electron chi connectivity index (χ3n) is 4.36. The molecular weight excluding hydrogens is 399 g/mol. The Kier molecular flexibility index (Phi) is 7.16. The second-order valence-electron chi connectivity index (χ2n) is 6.91. The average Bonchev–Trinajstić information content (AvgIpc) is 2.78. The van der Waals surface area contributed by atoms with Gasteiger partial charge >= 0.3 is 0 Å². The van der Waals surface area contributed by atoms with Crippen LogP contribution in [0.2, 0.25) is 0 Å². The largest absolute Gasteiger partial charge is 0.483 e. The van der Waals surface area contributed by atoms with Crippen LogP contribution < -0.4 is 20.3 Å². The first-order valence-electron chi connectivity index (χ1n) is 9.60. The summed E-state index contributed by atoms with van der Waals surface area (Å²) in [6.07, 6.45) is 1.70. The molecule has 0 aliphatic carbocycles. The molecule has 3 rings (SSSR count). The quantitative estimate of drug-likeness (QED) is 0.582. The summed E-state index contributed by atoms with van der Waals surface area (Å²) >= 11 is 0. The molecule has 8 heteroatoms. The first-order chi connectivity index (χ1) is 14.9. The van der Waals surface area contributed by atoms with E-state index in [1.54, 1.807) is 36.5 Å². The number of pyridine rings is 1. The van der Waals surface area contributed by atoms with Gasteiger partial charge in [0.15, 0.2) is 6.61 Å². The predicted octanol–water partition coefficient (Wildman–Crippen LogP) is 3.23. The summed E-state index contributed by atoms with van der Waals surface area (Å²) in [6.45, 7) is -0.0732. The Bertz CT molecular complexity index is 1050. The second kappa shape index (κ2) is 10.2. The number of carbonyl (C=O) groups is 2. The summed E-state index contributed by atoms with van der Waals surface area (Å²) in [7, 11) is 3.80. The van der Waals surface area contributed by atoms with E-state index in [-0.39, 0.29) is 24.0 Å². The number of benzene rings is 2. The van der Waals surface area contributed by atoms with Crippen LogP contribution in [0, 0.1) is 5.82 Å². The van der Waals surface area contributed by atoms with Gasteiger partial charge in [-0.15, -0.1) is 0 Å². The third kappa shape index (κ3) is 6.02. The smallest absolute Gasteiger partial charge is 0.262 e. The number of nitrogens with zero attached hydrogens (tertiary/aromatic N) is 2. The van der Waals surface area contributed by atoms with Gasteiger partial charge in [0.1, 0.15) is 17.4 Å². The average molecular weight is 422 g/mol. The topological polar surface area (TPSA) is 83.6 Å². The second-order valence-corrected chi connectivity index (χ2v) is 6.91. The monoisotopic (exact) mass is 422 g/mol. The maximum atomic E-state index is 13.7. The van der Waals surface area contributed by atoms with Crippen LogP contribution >= 0.6 is 0 Å². The highest BCUT2D eigenvalue weighted by Crippen LogP contribution is 2.19. The van der Waals surface area contributed by atoms with Crippen molar-refractivity contribution in [2.24, 2.45) is 0 Å². The van der Waals surface area contributed by atoms with Gasteiger partial charge in [0.25, 0.3) is 11.8 Å². The lowest BCUT2D eigenvalue weighted by atomic mass is 10.2. The molecule has 0 atom stereocenters. The summed E-state index contributed by atoms with van der Waals surface area (Å²) in [5, 5.41) is 5.25. The van der Waals surface area contributed by atoms with Crippen LogP contribution in [-0.4, -0.2) is 37.5 Å². The standard InChI is InChI=1S/C23H23FN4O3/c1-28(2)21-12-11-16(13-25-21)14-26-23(30)17-7-3-6-10-20(17)31-15-22(29)27-19-9-5-4-8-18(19)24/h3-13H,14-15H2,1-2H3,(H,26,30)(H,27,29). The van der Waals surface area contributed by atoms with Crippen LogP contribution in [0.25, 0.3) is 0 Å². The molecule has 2 aromatic carbocycles. The molecule has 3 aromatic rings. The highest BCUT2D eigenvalue weighted by molar-refractivity contribution is 5.97. The van der Waals surface area contributed by atoms with Crippen molar-refractivity contribution < 1.29 is 18.7 Å². The van der Waals surface area contributed by atoms with Gasteiger partial charge in [-0.3, -0.25) is 9.59 Å². The van der Waals surface area contributed by atoms with Gasteiger partial charge in [0.05, 0.1) is 11.3 Å². The molecule has 1 heterocycles. The van der Waals surface area contributed by atoms with Gasteiger partial charge in [-0.2, -0.15) is 0 Å². The van der Waals surface area contributed by atoms with Gasteiger partial charge < -0.3 is 20.3 Å². The van der Waals surface area contributed by atoms with Crippen molar-refractivity contribution in [1.82, 2.24) is 10.3 Å². The number of para-hydroxylation sites is 2. The maximum absolute atomic E-state index is 13.7. The minimum Gasteiger partial charge on any atom is -0.483 e. The van der Waals surface area contributed by atoms with Crippen molar-refractivity contribution >= 4 is 23.3 Å². The van der Waals surface area contributed by atoms with Gasteiger partial charge in [-0.1, -0.05) is 30.3 Å². The Morgan fingerprint density at radius 1 is 1.03 bits per heavy atom. The zero-order valence-electron chi connectivity index (χ0n) is 17.3. The fourth-order valence-electron chi connectivity index (χ4n) is 2.74. The fourth-order valence-corrected chi connectivity index (χ4v) is 2.74. The number of anilines is 2. The Labute approximate surface area is 179 Å². The van der Waals surface area contributed by atoms with Gasteiger partial charge in [0, 0.05) is 26.8 Å². The molecule has 0 aliphatic rings. The number of nitrogens with one attached hydrogen (secondary N) is 2. The molecule has 0 fully saturated rings.